The minimum Gasteiger partial charge on any atom is -0.451 e. The van der Waals surface area contributed by atoms with Gasteiger partial charge in [-0.1, -0.05) is 23.8 Å². The fourth-order valence-corrected chi connectivity index (χ4v) is 3.66. The molecule has 0 radical (unpaired) electrons. The fourth-order valence-electron chi connectivity index (χ4n) is 2.98. The van der Waals surface area contributed by atoms with E-state index < -0.39 is 24.0 Å². The molecule has 3 rings (SSSR count). The van der Waals surface area contributed by atoms with Crippen LogP contribution in [0.2, 0.25) is 0 Å². The standard InChI is InChI=1S/C20H22N2O4S/c1-13-7-9-15(10-8-13)21-18(23)14(2)26-20(25)16-5-3-11-22(16)19(24)17-6-4-12-27-17/h4,6-10,12,14,16H,3,5,11H2,1-2H3,(H,21,23)/t14-,16-/m0/s1. The molecule has 2 aromatic rings. The highest BCUT2D eigenvalue weighted by molar-refractivity contribution is 7.12. The van der Waals surface area contributed by atoms with Gasteiger partial charge in [0.1, 0.15) is 6.04 Å². The third kappa shape index (κ3) is 4.54. The van der Waals surface area contributed by atoms with E-state index in [1.54, 1.807) is 29.2 Å². The molecule has 2 atom stereocenters. The zero-order valence-electron chi connectivity index (χ0n) is 15.3. The first-order valence-electron chi connectivity index (χ1n) is 8.88. The normalized spacial score (nSPS) is 17.4. The van der Waals surface area contributed by atoms with E-state index in [2.05, 4.69) is 5.32 Å². The molecule has 142 valence electrons. The molecule has 0 spiro atoms. The number of benzene rings is 1. The van der Waals surface area contributed by atoms with Crippen molar-refractivity contribution in [1.82, 2.24) is 4.90 Å². The highest BCUT2D eigenvalue weighted by atomic mass is 32.1. The molecule has 0 unspecified atom stereocenters. The minimum absolute atomic E-state index is 0.166. The van der Waals surface area contributed by atoms with E-state index in [4.69, 9.17) is 4.74 Å². The van der Waals surface area contributed by atoms with E-state index in [1.807, 2.05) is 24.4 Å². The van der Waals surface area contributed by atoms with Gasteiger partial charge in [-0.2, -0.15) is 0 Å². The molecular formula is C20H22N2O4S. The van der Waals surface area contributed by atoms with Crippen LogP contribution in [0.15, 0.2) is 41.8 Å². The summed E-state index contributed by atoms with van der Waals surface area (Å²) in [5.41, 5.74) is 1.73. The number of aryl methyl sites for hydroxylation is 1. The number of anilines is 1. The fraction of sp³-hybridized carbons (Fsp3) is 0.350. The molecule has 1 aromatic carbocycles. The Morgan fingerprint density at radius 3 is 2.63 bits per heavy atom. The maximum atomic E-state index is 12.6. The van der Waals surface area contributed by atoms with E-state index in [9.17, 15) is 14.4 Å². The predicted molar refractivity (Wildman–Crippen MR) is 104 cm³/mol. The van der Waals surface area contributed by atoms with Gasteiger partial charge in [-0.05, 0) is 50.3 Å². The molecule has 1 aromatic heterocycles. The number of carbonyl (C=O) groups excluding carboxylic acids is 3. The smallest absolute Gasteiger partial charge is 0.329 e. The third-order valence-corrected chi connectivity index (χ3v) is 5.36. The maximum Gasteiger partial charge on any atom is 0.329 e. The molecule has 6 nitrogen and oxygen atoms in total. The van der Waals surface area contributed by atoms with Gasteiger partial charge in [0.25, 0.3) is 11.8 Å². The Morgan fingerprint density at radius 2 is 1.96 bits per heavy atom. The summed E-state index contributed by atoms with van der Waals surface area (Å²) in [5, 5.41) is 4.55. The summed E-state index contributed by atoms with van der Waals surface area (Å²) < 4.78 is 5.35. The monoisotopic (exact) mass is 386 g/mol. The average Bonchev–Trinajstić information content (AvgIpc) is 3.34. The van der Waals surface area contributed by atoms with Gasteiger partial charge in [0, 0.05) is 12.2 Å². The Hall–Kier alpha value is -2.67. The Bertz CT molecular complexity index is 817. The molecule has 2 heterocycles. The number of rotatable bonds is 5. The van der Waals surface area contributed by atoms with Crippen LogP contribution in [0.5, 0.6) is 0 Å². The molecule has 27 heavy (non-hydrogen) atoms. The first kappa shape index (κ1) is 19.1. The van der Waals surface area contributed by atoms with Gasteiger partial charge in [-0.15, -0.1) is 11.3 Å². The van der Waals surface area contributed by atoms with Crippen LogP contribution in [0.25, 0.3) is 0 Å². The number of likely N-dealkylation sites (tertiary alicyclic amines) is 1. The summed E-state index contributed by atoms with van der Waals surface area (Å²) in [4.78, 5) is 39.5. The number of nitrogens with zero attached hydrogens (tertiary/aromatic N) is 1. The number of nitrogens with one attached hydrogen (secondary N) is 1. The van der Waals surface area contributed by atoms with Gasteiger partial charge in [0.15, 0.2) is 6.10 Å². The average molecular weight is 386 g/mol. The topological polar surface area (TPSA) is 75.7 Å². The van der Waals surface area contributed by atoms with E-state index in [1.165, 1.54) is 18.3 Å². The molecule has 0 bridgehead atoms. The van der Waals surface area contributed by atoms with E-state index in [0.717, 1.165) is 12.0 Å². The quantitative estimate of drug-likeness (QED) is 0.801. The number of amides is 2. The zero-order chi connectivity index (χ0) is 19.4. The van der Waals surface area contributed by atoms with Crippen LogP contribution >= 0.6 is 11.3 Å². The number of thiophene rings is 1. The van der Waals surface area contributed by atoms with Crippen molar-refractivity contribution in [3.05, 3.63) is 52.2 Å². The van der Waals surface area contributed by atoms with Gasteiger partial charge in [-0.3, -0.25) is 9.59 Å². The summed E-state index contributed by atoms with van der Waals surface area (Å²) in [7, 11) is 0. The van der Waals surface area contributed by atoms with Crippen molar-refractivity contribution in [3.8, 4) is 0 Å². The van der Waals surface area contributed by atoms with E-state index in [0.29, 0.717) is 23.5 Å². The first-order chi connectivity index (χ1) is 13.0. The predicted octanol–water partition coefficient (Wildman–Crippen LogP) is 3.23. The Morgan fingerprint density at radius 1 is 1.22 bits per heavy atom. The van der Waals surface area contributed by atoms with Crippen molar-refractivity contribution in [2.24, 2.45) is 0 Å². The number of hydrogen-bond donors (Lipinski definition) is 1. The van der Waals surface area contributed by atoms with Gasteiger partial charge in [-0.25, -0.2) is 4.79 Å². The number of esters is 1. The zero-order valence-corrected chi connectivity index (χ0v) is 16.1. The molecule has 0 aliphatic carbocycles. The van der Waals surface area contributed by atoms with Crippen molar-refractivity contribution >= 4 is 34.8 Å². The highest BCUT2D eigenvalue weighted by Gasteiger charge is 2.37. The maximum absolute atomic E-state index is 12.6. The lowest BCUT2D eigenvalue weighted by Crippen LogP contribution is -2.43. The highest BCUT2D eigenvalue weighted by Crippen LogP contribution is 2.23. The lowest BCUT2D eigenvalue weighted by atomic mass is 10.2. The molecule has 1 N–H and O–H groups in total. The van der Waals surface area contributed by atoms with Crippen LogP contribution in [-0.4, -0.2) is 41.4 Å². The second-order valence-corrected chi connectivity index (χ2v) is 7.52. The molecule has 1 aliphatic rings. The lowest BCUT2D eigenvalue weighted by Gasteiger charge is -2.24. The third-order valence-electron chi connectivity index (χ3n) is 4.50. The summed E-state index contributed by atoms with van der Waals surface area (Å²) in [6.07, 6.45) is 0.335. The summed E-state index contributed by atoms with van der Waals surface area (Å²) in [6.45, 7) is 4.00. The number of carbonyl (C=O) groups is 3. The van der Waals surface area contributed by atoms with Crippen molar-refractivity contribution in [2.75, 3.05) is 11.9 Å². The summed E-state index contributed by atoms with van der Waals surface area (Å²) in [6, 6.07) is 10.3. The van der Waals surface area contributed by atoms with E-state index in [-0.39, 0.29) is 5.91 Å². The number of hydrogen-bond acceptors (Lipinski definition) is 5. The van der Waals surface area contributed by atoms with Crippen molar-refractivity contribution in [2.45, 2.75) is 38.8 Å². The van der Waals surface area contributed by atoms with Gasteiger partial charge in [0.2, 0.25) is 0 Å². The largest absolute Gasteiger partial charge is 0.451 e. The van der Waals surface area contributed by atoms with Crippen LogP contribution in [0.1, 0.15) is 35.0 Å². The Labute approximate surface area is 162 Å². The minimum atomic E-state index is -0.946. The molecule has 1 aliphatic heterocycles. The number of ether oxygens (including phenoxy) is 1. The van der Waals surface area contributed by atoms with Crippen LogP contribution in [0.4, 0.5) is 5.69 Å². The SMILES string of the molecule is Cc1ccc(NC(=O)[C@H](C)OC(=O)[C@@H]2CCCN2C(=O)c2cccs2)cc1. The van der Waals surface area contributed by atoms with Crippen molar-refractivity contribution in [3.63, 3.8) is 0 Å². The summed E-state index contributed by atoms with van der Waals surface area (Å²) in [5.74, 6) is -1.11. The molecule has 1 fully saturated rings. The van der Waals surface area contributed by atoms with Crippen LogP contribution in [0, 0.1) is 6.92 Å². The summed E-state index contributed by atoms with van der Waals surface area (Å²) >= 11 is 1.35. The second kappa shape index (κ2) is 8.35. The van der Waals surface area contributed by atoms with Crippen LogP contribution in [0.3, 0.4) is 0 Å². The van der Waals surface area contributed by atoms with Gasteiger partial charge in [0.05, 0.1) is 4.88 Å². The van der Waals surface area contributed by atoms with Crippen molar-refractivity contribution < 1.29 is 19.1 Å². The van der Waals surface area contributed by atoms with Crippen LogP contribution in [-0.2, 0) is 14.3 Å². The molecular weight excluding hydrogens is 364 g/mol. The van der Waals surface area contributed by atoms with Crippen molar-refractivity contribution in [1.29, 1.82) is 0 Å². The Kier molecular flexibility index (Phi) is 5.91. The van der Waals surface area contributed by atoms with Crippen LogP contribution < -0.4 is 5.32 Å². The molecule has 7 heteroatoms. The van der Waals surface area contributed by atoms with Gasteiger partial charge >= 0.3 is 5.97 Å². The van der Waals surface area contributed by atoms with E-state index >= 15 is 0 Å². The molecule has 0 saturated carbocycles. The first-order valence-corrected chi connectivity index (χ1v) is 9.76. The second-order valence-electron chi connectivity index (χ2n) is 6.57. The molecule has 2 amide bonds. The van der Waals surface area contributed by atoms with Gasteiger partial charge < -0.3 is 15.0 Å². The molecule has 1 saturated heterocycles. The Balaban J connectivity index is 1.59. The lowest BCUT2D eigenvalue weighted by molar-refractivity contribution is -0.156.